The number of nitrogens with one attached hydrogen (secondary N) is 1. The van der Waals surface area contributed by atoms with Crippen molar-refractivity contribution < 1.29 is 9.18 Å². The van der Waals surface area contributed by atoms with Crippen molar-refractivity contribution in [2.45, 2.75) is 13.0 Å². The van der Waals surface area contributed by atoms with Crippen LogP contribution in [0.5, 0.6) is 0 Å². The van der Waals surface area contributed by atoms with Crippen molar-refractivity contribution in [2.75, 3.05) is 0 Å². The highest BCUT2D eigenvalue weighted by Gasteiger charge is 2.17. The Hall–Kier alpha value is -3.39. The second-order valence-corrected chi connectivity index (χ2v) is 7.59. The molecule has 0 atom stereocenters. The van der Waals surface area contributed by atoms with Gasteiger partial charge in [0.2, 0.25) is 5.43 Å². The third kappa shape index (κ3) is 4.07. The molecule has 1 N–H and O–H groups in total. The molecule has 0 unspecified atom stereocenters. The largest absolute Gasteiger partial charge is 0.346 e. The van der Waals surface area contributed by atoms with Crippen molar-refractivity contribution in [3.8, 4) is 0 Å². The topological polar surface area (TPSA) is 76.9 Å². The number of rotatable bonds is 5. The van der Waals surface area contributed by atoms with E-state index in [1.807, 2.05) is 19.2 Å². The van der Waals surface area contributed by atoms with E-state index < -0.39 is 0 Å². The van der Waals surface area contributed by atoms with Crippen LogP contribution in [0.15, 0.2) is 59.8 Å². The zero-order valence-electron chi connectivity index (χ0n) is 15.6. The Kier molecular flexibility index (Phi) is 5.18. The summed E-state index contributed by atoms with van der Waals surface area (Å²) in [6.07, 6.45) is 5.42. The molecule has 0 aliphatic rings. The maximum absolute atomic E-state index is 13.1. The first-order chi connectivity index (χ1) is 14.0. The number of hydrogen-bond donors (Lipinski definition) is 1. The van der Waals surface area contributed by atoms with Gasteiger partial charge >= 0.3 is 0 Å². The van der Waals surface area contributed by atoms with Crippen LogP contribution in [-0.2, 0) is 20.0 Å². The van der Waals surface area contributed by atoms with Gasteiger partial charge in [0.1, 0.15) is 16.2 Å². The number of hydrogen-bond acceptors (Lipinski definition) is 5. The lowest BCUT2D eigenvalue weighted by molar-refractivity contribution is 0.0950. The Labute approximate surface area is 169 Å². The van der Waals surface area contributed by atoms with Crippen LogP contribution < -0.4 is 10.7 Å². The fraction of sp³-hybridized carbons (Fsp3) is 0.143. The Morgan fingerprint density at radius 2 is 1.86 bits per heavy atom. The lowest BCUT2D eigenvalue weighted by Gasteiger charge is -2.05. The molecule has 0 aliphatic heterocycles. The Morgan fingerprint density at radius 1 is 1.14 bits per heavy atom. The van der Waals surface area contributed by atoms with Gasteiger partial charge in [-0.05, 0) is 35.4 Å². The summed E-state index contributed by atoms with van der Waals surface area (Å²) in [6, 6.07) is 9.67. The number of halogens is 1. The van der Waals surface area contributed by atoms with Gasteiger partial charge in [-0.3, -0.25) is 14.6 Å². The lowest BCUT2D eigenvalue weighted by Crippen LogP contribution is -2.22. The van der Waals surface area contributed by atoms with E-state index in [0.29, 0.717) is 23.4 Å². The third-order valence-corrected chi connectivity index (χ3v) is 5.64. The van der Waals surface area contributed by atoms with Gasteiger partial charge in [-0.25, -0.2) is 9.37 Å². The van der Waals surface area contributed by atoms with Crippen LogP contribution in [0, 0.1) is 5.82 Å². The minimum absolute atomic E-state index is 0.216. The molecule has 6 nitrogen and oxygen atoms in total. The molecule has 0 aliphatic carbocycles. The molecule has 0 saturated carbocycles. The number of nitrogens with zero attached hydrogens (tertiary/aromatic N) is 3. The molecule has 3 aromatic heterocycles. The third-order valence-electron chi connectivity index (χ3n) is 4.49. The highest BCUT2D eigenvalue weighted by atomic mass is 32.1. The Bertz CT molecular complexity index is 1230. The van der Waals surface area contributed by atoms with Crippen molar-refractivity contribution in [3.63, 3.8) is 0 Å². The highest BCUT2D eigenvalue weighted by molar-refractivity contribution is 7.19. The van der Waals surface area contributed by atoms with Crippen molar-refractivity contribution in [1.29, 1.82) is 0 Å². The number of pyridine rings is 2. The Balaban J connectivity index is 1.60. The summed E-state index contributed by atoms with van der Waals surface area (Å²) < 4.78 is 14.9. The van der Waals surface area contributed by atoms with Gasteiger partial charge in [-0.1, -0.05) is 23.5 Å². The monoisotopic (exact) mass is 408 g/mol. The molecule has 1 aromatic carbocycles. The predicted octanol–water partition coefficient (Wildman–Crippen LogP) is 3.05. The molecule has 0 radical (unpaired) electrons. The van der Waals surface area contributed by atoms with Gasteiger partial charge < -0.3 is 9.88 Å². The quantitative estimate of drug-likeness (QED) is 0.551. The average Bonchev–Trinajstić information content (AvgIpc) is 3.19. The van der Waals surface area contributed by atoms with Gasteiger partial charge in [-0.2, -0.15) is 0 Å². The van der Waals surface area contributed by atoms with E-state index in [1.54, 1.807) is 35.3 Å². The van der Waals surface area contributed by atoms with Crippen LogP contribution in [0.2, 0.25) is 0 Å². The number of aryl methyl sites for hydroxylation is 1. The smallest absolute Gasteiger partial charge is 0.280 e. The number of carbonyl (C=O) groups is 1. The van der Waals surface area contributed by atoms with Gasteiger partial charge in [0.25, 0.3) is 5.91 Å². The molecule has 0 saturated heterocycles. The molecule has 3 heterocycles. The SMILES string of the molecule is Cn1cc(Cc2ccc(F)cc2)c(=O)c2nc(C(=O)NCc3ccncc3)sc21. The van der Waals surface area contributed by atoms with E-state index in [-0.39, 0.29) is 27.7 Å². The molecule has 8 heteroatoms. The van der Waals surface area contributed by atoms with Crippen LogP contribution in [0.1, 0.15) is 26.5 Å². The van der Waals surface area contributed by atoms with Crippen LogP contribution in [-0.4, -0.2) is 20.4 Å². The first kappa shape index (κ1) is 18.9. The minimum Gasteiger partial charge on any atom is -0.346 e. The van der Waals surface area contributed by atoms with E-state index in [1.165, 1.54) is 23.5 Å². The number of fused-ring (bicyclic) bond motifs is 1. The molecule has 4 aromatic rings. The second kappa shape index (κ2) is 7.92. The van der Waals surface area contributed by atoms with Crippen molar-refractivity contribution in [1.82, 2.24) is 19.9 Å². The molecular weight excluding hydrogens is 391 g/mol. The number of benzene rings is 1. The van der Waals surface area contributed by atoms with Crippen LogP contribution >= 0.6 is 11.3 Å². The van der Waals surface area contributed by atoms with E-state index >= 15 is 0 Å². The van der Waals surface area contributed by atoms with Crippen molar-refractivity contribution in [2.24, 2.45) is 7.05 Å². The van der Waals surface area contributed by atoms with Crippen molar-refractivity contribution >= 4 is 27.6 Å². The van der Waals surface area contributed by atoms with Crippen LogP contribution in [0.25, 0.3) is 10.3 Å². The number of thiazole rings is 1. The summed E-state index contributed by atoms with van der Waals surface area (Å²) in [7, 11) is 1.81. The van der Waals surface area contributed by atoms with Gasteiger partial charge in [0.05, 0.1) is 0 Å². The zero-order chi connectivity index (χ0) is 20.4. The second-order valence-electron chi connectivity index (χ2n) is 6.61. The van der Waals surface area contributed by atoms with Gasteiger partial charge in [0.15, 0.2) is 5.01 Å². The summed E-state index contributed by atoms with van der Waals surface area (Å²) in [5.74, 6) is -0.651. The average molecular weight is 408 g/mol. The molecule has 0 fully saturated rings. The molecule has 146 valence electrons. The number of carbonyl (C=O) groups excluding carboxylic acids is 1. The normalized spacial score (nSPS) is 11.0. The summed E-state index contributed by atoms with van der Waals surface area (Å²) in [5.41, 5.74) is 2.35. The van der Waals surface area contributed by atoms with E-state index in [0.717, 1.165) is 11.1 Å². The molecule has 4 rings (SSSR count). The lowest BCUT2D eigenvalue weighted by atomic mass is 10.1. The maximum atomic E-state index is 13.1. The van der Waals surface area contributed by atoms with Crippen LogP contribution in [0.3, 0.4) is 0 Å². The standard InChI is InChI=1S/C21H17FN4O2S/c1-26-12-15(10-13-2-4-16(22)5-3-13)18(27)17-21(26)29-20(25-17)19(28)24-11-14-6-8-23-9-7-14/h2-9,12H,10-11H2,1H3,(H,24,28). The molecule has 0 bridgehead atoms. The fourth-order valence-electron chi connectivity index (χ4n) is 3.01. The molecule has 29 heavy (non-hydrogen) atoms. The minimum atomic E-state index is -0.331. The van der Waals surface area contributed by atoms with E-state index in [2.05, 4.69) is 15.3 Å². The van der Waals surface area contributed by atoms with Crippen molar-refractivity contribution in [3.05, 3.63) is 92.7 Å². The van der Waals surface area contributed by atoms with E-state index in [9.17, 15) is 14.0 Å². The first-order valence-corrected chi connectivity index (χ1v) is 9.73. The Morgan fingerprint density at radius 3 is 2.59 bits per heavy atom. The maximum Gasteiger partial charge on any atom is 0.280 e. The zero-order valence-corrected chi connectivity index (χ0v) is 16.4. The fourth-order valence-corrected chi connectivity index (χ4v) is 3.92. The number of aromatic nitrogens is 3. The van der Waals surface area contributed by atoms with E-state index in [4.69, 9.17) is 0 Å². The molecular formula is C21H17FN4O2S. The highest BCUT2D eigenvalue weighted by Crippen LogP contribution is 2.21. The van der Waals surface area contributed by atoms with Gasteiger partial charge in [-0.15, -0.1) is 0 Å². The first-order valence-electron chi connectivity index (χ1n) is 8.92. The molecule has 0 spiro atoms. The predicted molar refractivity (Wildman–Crippen MR) is 109 cm³/mol. The number of amides is 1. The summed E-state index contributed by atoms with van der Waals surface area (Å²) in [6.45, 7) is 0.351. The van der Waals surface area contributed by atoms with Gasteiger partial charge in [0, 0.05) is 44.2 Å². The summed E-state index contributed by atoms with van der Waals surface area (Å²) >= 11 is 1.18. The summed E-state index contributed by atoms with van der Waals surface area (Å²) in [5, 5.41) is 3.05. The molecule has 1 amide bonds. The van der Waals surface area contributed by atoms with Crippen LogP contribution in [0.4, 0.5) is 4.39 Å². The summed E-state index contributed by atoms with van der Waals surface area (Å²) in [4.78, 5) is 34.3.